The molecule has 1 fully saturated rings. The third-order valence-electron chi connectivity index (χ3n) is 5.07. The van der Waals surface area contributed by atoms with E-state index < -0.39 is 18.0 Å². The summed E-state index contributed by atoms with van der Waals surface area (Å²) in [5.74, 6) is -0.680. The number of likely N-dealkylation sites (tertiary alicyclic amines) is 1. The molecule has 3 amide bonds. The van der Waals surface area contributed by atoms with Crippen LogP contribution in [0.2, 0.25) is 0 Å². The van der Waals surface area contributed by atoms with Crippen LogP contribution in [0.3, 0.4) is 0 Å². The normalized spacial score (nSPS) is 19.0. The van der Waals surface area contributed by atoms with Crippen molar-refractivity contribution in [2.45, 2.75) is 31.7 Å². The van der Waals surface area contributed by atoms with Crippen LogP contribution in [-0.4, -0.2) is 61.0 Å². The first-order valence-electron chi connectivity index (χ1n) is 9.19. The van der Waals surface area contributed by atoms with Gasteiger partial charge in [-0.05, 0) is 42.5 Å². The number of hydrogen-bond acceptors (Lipinski definition) is 4. The Bertz CT molecular complexity index is 740. The van der Waals surface area contributed by atoms with Crippen molar-refractivity contribution >= 4 is 17.9 Å². The average molecular weight is 377 g/mol. The molecule has 0 aliphatic carbocycles. The molecule has 3 rings (SSSR count). The van der Waals surface area contributed by atoms with Crippen molar-refractivity contribution in [2.24, 2.45) is 0 Å². The van der Waals surface area contributed by atoms with Gasteiger partial charge in [0.2, 0.25) is 11.8 Å². The molecule has 2 aliphatic heterocycles. The lowest BCUT2D eigenvalue weighted by Gasteiger charge is -2.35. The SMILES string of the molecule is COC(=O)N1CCc2ccc(F)cc2[C@@H]1C(=O)NCCCN1CCCC1=O. The fraction of sp³-hybridized carbons (Fsp3) is 0.526. The van der Waals surface area contributed by atoms with Crippen LogP contribution >= 0.6 is 0 Å². The van der Waals surface area contributed by atoms with Crippen molar-refractivity contribution < 1.29 is 23.5 Å². The van der Waals surface area contributed by atoms with Gasteiger partial charge in [-0.15, -0.1) is 0 Å². The van der Waals surface area contributed by atoms with E-state index in [1.807, 2.05) is 0 Å². The summed E-state index contributed by atoms with van der Waals surface area (Å²) >= 11 is 0. The van der Waals surface area contributed by atoms with Crippen LogP contribution in [0.25, 0.3) is 0 Å². The number of carbonyl (C=O) groups is 3. The Kier molecular flexibility index (Phi) is 5.93. The Morgan fingerprint density at radius 1 is 1.30 bits per heavy atom. The average Bonchev–Trinajstić information content (AvgIpc) is 3.08. The zero-order chi connectivity index (χ0) is 19.4. The molecule has 7 nitrogen and oxygen atoms in total. The van der Waals surface area contributed by atoms with Crippen LogP contribution < -0.4 is 5.32 Å². The van der Waals surface area contributed by atoms with Gasteiger partial charge >= 0.3 is 6.09 Å². The van der Waals surface area contributed by atoms with Gasteiger partial charge in [0.15, 0.2) is 0 Å². The summed E-state index contributed by atoms with van der Waals surface area (Å²) < 4.78 is 18.5. The molecule has 0 bridgehead atoms. The standard InChI is InChI=1S/C19H24FN3O4/c1-27-19(26)23-11-7-13-5-6-14(20)12-15(13)17(23)18(25)21-8-3-10-22-9-2-4-16(22)24/h5-6,12,17H,2-4,7-11H2,1H3,(H,21,25)/t17-/m1/s1. The summed E-state index contributed by atoms with van der Waals surface area (Å²) in [6.45, 7) is 2.05. The van der Waals surface area contributed by atoms with Gasteiger partial charge in [-0.2, -0.15) is 0 Å². The van der Waals surface area contributed by atoms with E-state index in [1.165, 1.54) is 24.1 Å². The number of methoxy groups -OCH3 is 1. The maximum Gasteiger partial charge on any atom is 0.410 e. The number of hydrogen-bond donors (Lipinski definition) is 1. The first-order valence-corrected chi connectivity index (χ1v) is 9.19. The van der Waals surface area contributed by atoms with E-state index in [0.29, 0.717) is 44.5 Å². The molecule has 0 aromatic heterocycles. The minimum absolute atomic E-state index is 0.148. The van der Waals surface area contributed by atoms with Crippen molar-refractivity contribution in [2.75, 3.05) is 33.3 Å². The van der Waals surface area contributed by atoms with E-state index in [-0.39, 0.29) is 11.8 Å². The lowest BCUT2D eigenvalue weighted by atomic mass is 9.92. The Labute approximate surface area is 157 Å². The molecule has 1 N–H and O–H groups in total. The van der Waals surface area contributed by atoms with Crippen molar-refractivity contribution in [3.05, 3.63) is 35.1 Å². The molecule has 27 heavy (non-hydrogen) atoms. The molecule has 0 saturated carbocycles. The van der Waals surface area contributed by atoms with Crippen LogP contribution in [0.4, 0.5) is 9.18 Å². The third kappa shape index (κ3) is 4.20. The van der Waals surface area contributed by atoms with Gasteiger partial charge in [0, 0.05) is 32.6 Å². The van der Waals surface area contributed by atoms with Crippen molar-refractivity contribution in [1.29, 1.82) is 0 Å². The molecule has 146 valence electrons. The number of fused-ring (bicyclic) bond motifs is 1. The summed E-state index contributed by atoms with van der Waals surface area (Å²) in [5, 5.41) is 2.81. The van der Waals surface area contributed by atoms with Gasteiger partial charge in [0.1, 0.15) is 11.9 Å². The highest BCUT2D eigenvalue weighted by Gasteiger charge is 2.36. The van der Waals surface area contributed by atoms with E-state index >= 15 is 0 Å². The fourth-order valence-corrected chi connectivity index (χ4v) is 3.70. The molecule has 1 saturated heterocycles. The lowest BCUT2D eigenvalue weighted by molar-refractivity contribution is -0.127. The quantitative estimate of drug-likeness (QED) is 0.791. The summed E-state index contributed by atoms with van der Waals surface area (Å²) in [6, 6.07) is 3.38. The number of nitrogens with zero attached hydrogens (tertiary/aromatic N) is 2. The third-order valence-corrected chi connectivity index (χ3v) is 5.07. The summed E-state index contributed by atoms with van der Waals surface area (Å²) in [5.41, 5.74) is 1.33. The van der Waals surface area contributed by atoms with Crippen LogP contribution in [0.1, 0.15) is 36.4 Å². The zero-order valence-corrected chi connectivity index (χ0v) is 15.4. The van der Waals surface area contributed by atoms with E-state index in [0.717, 1.165) is 18.5 Å². The predicted octanol–water partition coefficient (Wildman–Crippen LogP) is 1.62. The summed E-state index contributed by atoms with van der Waals surface area (Å²) in [6.07, 6.45) is 2.01. The molecule has 1 atom stereocenters. The van der Waals surface area contributed by atoms with Gasteiger partial charge in [-0.3, -0.25) is 14.5 Å². The number of carbonyl (C=O) groups excluding carboxylic acids is 3. The predicted molar refractivity (Wildman–Crippen MR) is 95.4 cm³/mol. The Hall–Kier alpha value is -2.64. The van der Waals surface area contributed by atoms with Gasteiger partial charge < -0.3 is 15.0 Å². The second-order valence-electron chi connectivity index (χ2n) is 6.79. The summed E-state index contributed by atoms with van der Waals surface area (Å²) in [4.78, 5) is 39.6. The topological polar surface area (TPSA) is 79.0 Å². The zero-order valence-electron chi connectivity index (χ0n) is 15.4. The molecule has 8 heteroatoms. The Balaban J connectivity index is 1.67. The number of rotatable bonds is 5. The maximum atomic E-state index is 13.8. The first kappa shape index (κ1) is 19.1. The van der Waals surface area contributed by atoms with Crippen LogP contribution in [-0.2, 0) is 20.7 Å². The molecule has 2 heterocycles. The minimum atomic E-state index is -0.926. The van der Waals surface area contributed by atoms with Crippen LogP contribution in [0.15, 0.2) is 18.2 Å². The molecule has 1 aromatic rings. The largest absolute Gasteiger partial charge is 0.453 e. The summed E-state index contributed by atoms with van der Waals surface area (Å²) in [7, 11) is 1.26. The molecule has 0 radical (unpaired) electrons. The molecule has 1 aromatic carbocycles. The van der Waals surface area contributed by atoms with Crippen molar-refractivity contribution in [3.8, 4) is 0 Å². The molecular weight excluding hydrogens is 353 g/mol. The fourth-order valence-electron chi connectivity index (χ4n) is 3.70. The second-order valence-corrected chi connectivity index (χ2v) is 6.79. The number of ether oxygens (including phenoxy) is 1. The van der Waals surface area contributed by atoms with Crippen LogP contribution in [0.5, 0.6) is 0 Å². The molecule has 0 spiro atoms. The monoisotopic (exact) mass is 377 g/mol. The smallest absolute Gasteiger partial charge is 0.410 e. The lowest BCUT2D eigenvalue weighted by Crippen LogP contribution is -2.47. The minimum Gasteiger partial charge on any atom is -0.453 e. The van der Waals surface area contributed by atoms with Crippen molar-refractivity contribution in [1.82, 2.24) is 15.1 Å². The van der Waals surface area contributed by atoms with Gasteiger partial charge in [-0.25, -0.2) is 9.18 Å². The number of benzene rings is 1. The number of halogens is 1. The number of nitrogens with one attached hydrogen (secondary N) is 1. The molecule has 0 unspecified atom stereocenters. The van der Waals surface area contributed by atoms with Crippen molar-refractivity contribution in [3.63, 3.8) is 0 Å². The molecule has 2 aliphatic rings. The van der Waals surface area contributed by atoms with Gasteiger partial charge in [-0.1, -0.05) is 6.07 Å². The number of amides is 3. The second kappa shape index (κ2) is 8.37. The Morgan fingerprint density at radius 2 is 2.11 bits per heavy atom. The van der Waals surface area contributed by atoms with E-state index in [1.54, 1.807) is 11.0 Å². The highest BCUT2D eigenvalue weighted by Crippen LogP contribution is 2.31. The van der Waals surface area contributed by atoms with Crippen LogP contribution in [0, 0.1) is 5.82 Å². The molecular formula is C19H24FN3O4. The van der Waals surface area contributed by atoms with Gasteiger partial charge in [0.25, 0.3) is 0 Å². The van der Waals surface area contributed by atoms with E-state index in [4.69, 9.17) is 4.74 Å². The van der Waals surface area contributed by atoms with E-state index in [2.05, 4.69) is 5.32 Å². The maximum absolute atomic E-state index is 13.8. The highest BCUT2D eigenvalue weighted by molar-refractivity contribution is 5.87. The highest BCUT2D eigenvalue weighted by atomic mass is 19.1. The van der Waals surface area contributed by atoms with Gasteiger partial charge in [0.05, 0.1) is 7.11 Å². The Morgan fingerprint density at radius 3 is 2.81 bits per heavy atom. The van der Waals surface area contributed by atoms with E-state index in [9.17, 15) is 18.8 Å². The first-order chi connectivity index (χ1) is 13.0.